The molecule has 10 heteroatoms. The van der Waals surface area contributed by atoms with E-state index in [1.165, 1.54) is 32.1 Å². The van der Waals surface area contributed by atoms with E-state index in [1.54, 1.807) is 4.90 Å². The van der Waals surface area contributed by atoms with Crippen molar-refractivity contribution in [1.29, 1.82) is 0 Å². The topological polar surface area (TPSA) is 81.8 Å². The van der Waals surface area contributed by atoms with Crippen LogP contribution in [-0.2, 0) is 16.1 Å². The Morgan fingerprint density at radius 2 is 1.62 bits per heavy atom. The Morgan fingerprint density at radius 1 is 0.941 bits per heavy atom. The van der Waals surface area contributed by atoms with Crippen LogP contribution in [0.4, 0.5) is 5.69 Å². The second-order valence-corrected chi connectivity index (χ2v) is 10.1. The van der Waals surface area contributed by atoms with Crippen LogP contribution in [0.3, 0.4) is 0 Å². The molecule has 1 unspecified atom stereocenters. The fourth-order valence-electron chi connectivity index (χ4n) is 5.83. The second-order valence-electron chi connectivity index (χ2n) is 9.68. The van der Waals surface area contributed by atoms with Crippen LogP contribution in [0.2, 0.25) is 5.02 Å². The van der Waals surface area contributed by atoms with Crippen molar-refractivity contribution < 1.29 is 14.4 Å². The predicted octanol–water partition coefficient (Wildman–Crippen LogP) is 3.55. The van der Waals surface area contributed by atoms with Crippen LogP contribution in [-0.4, -0.2) is 54.8 Å². The summed E-state index contributed by atoms with van der Waals surface area (Å²) in [6.45, 7) is 4.60. The smallest absolute Gasteiger partial charge is 0.255 e. The van der Waals surface area contributed by atoms with E-state index < -0.39 is 11.9 Å². The molecule has 3 fully saturated rings. The molecule has 0 aromatic heterocycles. The number of halogens is 3. The average Bonchev–Trinajstić information content (AvgIpc) is 3.13. The molecule has 0 bridgehead atoms. The summed E-state index contributed by atoms with van der Waals surface area (Å²) < 4.78 is 0. The number of carbonyl (C=O) groups is 3. The molecular formula is C24H33Cl3N4O3. The summed E-state index contributed by atoms with van der Waals surface area (Å²) in [4.78, 5) is 40.7. The molecular weight excluding hydrogens is 499 g/mol. The van der Waals surface area contributed by atoms with Gasteiger partial charge in [0.1, 0.15) is 6.04 Å². The normalized spacial score (nSPS) is 23.8. The minimum absolute atomic E-state index is 0. The Morgan fingerprint density at radius 3 is 2.29 bits per heavy atom. The molecule has 5 rings (SSSR count). The standard InChI is InChI=1S/C24H31ClN4O3.2ClH/c25-22-18-14-29(20-3-4-21(30)27-23(20)31)24(32)17(18)1-2-19(22)28-11-7-16(8-12-28)13-15-5-9-26-10-6-15;;/h1-2,15-16,20,26H,3-14H2,(H,27,30,31);2*1H. The third-order valence-electron chi connectivity index (χ3n) is 7.71. The van der Waals surface area contributed by atoms with E-state index in [2.05, 4.69) is 15.5 Å². The van der Waals surface area contributed by atoms with Gasteiger partial charge >= 0.3 is 0 Å². The lowest BCUT2D eigenvalue weighted by atomic mass is 9.83. The van der Waals surface area contributed by atoms with Gasteiger partial charge in [-0.15, -0.1) is 24.8 Å². The van der Waals surface area contributed by atoms with E-state index in [-0.39, 0.29) is 43.0 Å². The van der Waals surface area contributed by atoms with Crippen LogP contribution in [0, 0.1) is 11.8 Å². The number of hydrogen-bond acceptors (Lipinski definition) is 5. The highest BCUT2D eigenvalue weighted by molar-refractivity contribution is 6.35. The molecule has 3 saturated heterocycles. The minimum Gasteiger partial charge on any atom is -0.370 e. The van der Waals surface area contributed by atoms with Crippen molar-refractivity contribution in [3.05, 3.63) is 28.3 Å². The van der Waals surface area contributed by atoms with Gasteiger partial charge in [-0.3, -0.25) is 19.7 Å². The van der Waals surface area contributed by atoms with E-state index in [0.717, 1.165) is 49.3 Å². The molecule has 4 aliphatic heterocycles. The molecule has 1 atom stereocenters. The van der Waals surface area contributed by atoms with Crippen molar-refractivity contribution in [3.63, 3.8) is 0 Å². The first kappa shape index (κ1) is 27.1. The monoisotopic (exact) mass is 530 g/mol. The van der Waals surface area contributed by atoms with Crippen molar-refractivity contribution >= 4 is 59.8 Å². The summed E-state index contributed by atoms with van der Waals surface area (Å²) in [5.74, 6) is 0.797. The van der Waals surface area contributed by atoms with E-state index in [0.29, 0.717) is 23.6 Å². The summed E-state index contributed by atoms with van der Waals surface area (Å²) >= 11 is 6.83. The van der Waals surface area contributed by atoms with Gasteiger partial charge in [0, 0.05) is 37.2 Å². The molecule has 0 radical (unpaired) electrons. The van der Waals surface area contributed by atoms with Gasteiger partial charge < -0.3 is 15.1 Å². The van der Waals surface area contributed by atoms with E-state index in [9.17, 15) is 14.4 Å². The predicted molar refractivity (Wildman–Crippen MR) is 137 cm³/mol. The Labute approximate surface area is 218 Å². The molecule has 3 amide bonds. The highest BCUT2D eigenvalue weighted by atomic mass is 35.5. The zero-order chi connectivity index (χ0) is 22.2. The molecule has 1 aromatic carbocycles. The van der Waals surface area contributed by atoms with Crippen LogP contribution >= 0.6 is 36.4 Å². The van der Waals surface area contributed by atoms with Crippen molar-refractivity contribution in [2.45, 2.75) is 57.5 Å². The fraction of sp³-hybridized carbons (Fsp3) is 0.625. The quantitative estimate of drug-likeness (QED) is 0.581. The Balaban J connectivity index is 0.00000162. The first-order valence-corrected chi connectivity index (χ1v) is 12.3. The molecule has 4 heterocycles. The zero-order valence-corrected chi connectivity index (χ0v) is 21.6. The molecule has 34 heavy (non-hydrogen) atoms. The van der Waals surface area contributed by atoms with Crippen LogP contribution in [0.5, 0.6) is 0 Å². The lowest BCUT2D eigenvalue weighted by molar-refractivity contribution is -0.136. The van der Waals surface area contributed by atoms with Crippen LogP contribution in [0.1, 0.15) is 60.9 Å². The van der Waals surface area contributed by atoms with Crippen molar-refractivity contribution in [1.82, 2.24) is 15.5 Å². The highest BCUT2D eigenvalue weighted by Crippen LogP contribution is 2.39. The fourth-order valence-corrected chi connectivity index (χ4v) is 6.18. The van der Waals surface area contributed by atoms with Gasteiger partial charge in [0.25, 0.3) is 5.91 Å². The van der Waals surface area contributed by atoms with E-state index in [4.69, 9.17) is 11.6 Å². The summed E-state index contributed by atoms with van der Waals surface area (Å²) in [6.07, 6.45) is 6.91. The second kappa shape index (κ2) is 11.5. The van der Waals surface area contributed by atoms with Gasteiger partial charge in [-0.2, -0.15) is 0 Å². The van der Waals surface area contributed by atoms with Crippen LogP contribution in [0.15, 0.2) is 12.1 Å². The molecule has 2 N–H and O–H groups in total. The number of benzene rings is 1. The Hall–Kier alpha value is -1.54. The molecule has 1 aromatic rings. The number of anilines is 1. The number of carbonyl (C=O) groups excluding carboxylic acids is 3. The molecule has 0 spiro atoms. The lowest BCUT2D eigenvalue weighted by Crippen LogP contribution is -2.52. The third-order valence-corrected chi connectivity index (χ3v) is 8.13. The van der Waals surface area contributed by atoms with Gasteiger partial charge in [0.05, 0.1) is 10.7 Å². The van der Waals surface area contributed by atoms with E-state index in [1.807, 2.05) is 12.1 Å². The van der Waals surface area contributed by atoms with Crippen molar-refractivity contribution in [2.75, 3.05) is 31.1 Å². The molecule has 4 aliphatic rings. The van der Waals surface area contributed by atoms with Gasteiger partial charge in [-0.1, -0.05) is 11.6 Å². The Bertz CT molecular complexity index is 930. The maximum Gasteiger partial charge on any atom is 0.255 e. The largest absolute Gasteiger partial charge is 0.370 e. The summed E-state index contributed by atoms with van der Waals surface area (Å²) in [5.41, 5.74) is 2.36. The highest BCUT2D eigenvalue weighted by Gasteiger charge is 2.40. The third kappa shape index (κ3) is 5.32. The minimum atomic E-state index is -0.613. The molecule has 7 nitrogen and oxygen atoms in total. The SMILES string of the molecule is Cl.Cl.O=C1CCC(N2Cc3c(ccc(N4CCC(CC5CCNCC5)CC4)c3Cl)C2=O)C(=O)N1. The maximum atomic E-state index is 13.0. The number of amides is 3. The van der Waals surface area contributed by atoms with Crippen molar-refractivity contribution in [2.24, 2.45) is 11.8 Å². The Kier molecular flexibility index (Phi) is 9.12. The van der Waals surface area contributed by atoms with Crippen LogP contribution < -0.4 is 15.5 Å². The number of hydrogen-bond donors (Lipinski definition) is 2. The average molecular weight is 532 g/mol. The number of nitrogens with zero attached hydrogens (tertiary/aromatic N) is 2. The van der Waals surface area contributed by atoms with Gasteiger partial charge in [-0.25, -0.2) is 0 Å². The number of nitrogens with one attached hydrogen (secondary N) is 2. The van der Waals surface area contributed by atoms with Gasteiger partial charge in [-0.05, 0) is 75.6 Å². The van der Waals surface area contributed by atoms with Gasteiger partial charge in [0.2, 0.25) is 11.8 Å². The molecule has 0 saturated carbocycles. The van der Waals surface area contributed by atoms with Gasteiger partial charge in [0.15, 0.2) is 0 Å². The summed E-state index contributed by atoms with van der Waals surface area (Å²) in [5, 5.41) is 6.43. The number of piperidine rings is 3. The number of fused-ring (bicyclic) bond motifs is 1. The number of rotatable bonds is 4. The van der Waals surface area contributed by atoms with E-state index >= 15 is 0 Å². The van der Waals surface area contributed by atoms with Crippen LogP contribution in [0.25, 0.3) is 0 Å². The lowest BCUT2D eigenvalue weighted by Gasteiger charge is -2.36. The first-order valence-electron chi connectivity index (χ1n) is 11.9. The first-order chi connectivity index (χ1) is 15.5. The maximum absolute atomic E-state index is 13.0. The molecule has 0 aliphatic carbocycles. The molecule has 188 valence electrons. The summed E-state index contributed by atoms with van der Waals surface area (Å²) in [7, 11) is 0. The zero-order valence-electron chi connectivity index (χ0n) is 19.2. The summed E-state index contributed by atoms with van der Waals surface area (Å²) in [6, 6.07) is 3.20. The number of imide groups is 1. The van der Waals surface area contributed by atoms with Crippen molar-refractivity contribution in [3.8, 4) is 0 Å².